The van der Waals surface area contributed by atoms with Gasteiger partial charge in [-0.05, 0) is 48.2 Å². The Labute approximate surface area is 279 Å². The van der Waals surface area contributed by atoms with Crippen molar-refractivity contribution in [1.82, 2.24) is 4.90 Å². The number of carbonyl (C=O) groups is 2. The summed E-state index contributed by atoms with van der Waals surface area (Å²) in [6, 6.07) is 27.3. The Morgan fingerprint density at radius 3 is 2.17 bits per heavy atom. The van der Waals surface area contributed by atoms with Gasteiger partial charge in [0.25, 0.3) is 0 Å². The molecule has 1 amide bonds. The summed E-state index contributed by atoms with van der Waals surface area (Å²) in [5.41, 5.74) is 2.45. The fourth-order valence-electron chi connectivity index (χ4n) is 5.42. The molecular formula is C35H31F3N3NiO5-. The van der Waals surface area contributed by atoms with Crippen molar-refractivity contribution in [1.29, 1.82) is 0 Å². The Balaban J connectivity index is 0.00000500. The number of rotatable bonds is 11. The fraction of sp³-hybridized carbons (Fsp3) is 0.229. The standard InChI is InChI=1S/C35H32F3N3O5.Ni/c36-35(37,38)46-26-19-17-25(18-20-26)32(42)31(34(44)45)40-30(24-12-5-2-6-13-24)27-14-7-8-15-28(27)39-33(43)29-16-9-21-41(29)22-23-10-3-1-4-11-23;/h1-8,10-15,17-20,29,31-32,42H,9,16,21-22H2,(H2,39,40,43,44,45);/p-1/t29-,31+,32+;/m0./s1. The maximum atomic E-state index is 13.6. The van der Waals surface area contributed by atoms with Crippen molar-refractivity contribution in [3.8, 4) is 5.75 Å². The van der Waals surface area contributed by atoms with E-state index in [4.69, 9.17) is 0 Å². The topological polar surface area (TPSA) is 114 Å². The Morgan fingerprint density at radius 1 is 0.915 bits per heavy atom. The molecule has 0 spiro atoms. The van der Waals surface area contributed by atoms with Crippen molar-refractivity contribution >= 4 is 23.3 Å². The second-order valence-corrected chi connectivity index (χ2v) is 10.8. The Kier molecular flexibility index (Phi) is 11.9. The first-order chi connectivity index (χ1) is 22.1. The van der Waals surface area contributed by atoms with E-state index in [-0.39, 0.29) is 39.4 Å². The molecule has 248 valence electrons. The Bertz CT molecular complexity index is 1670. The van der Waals surface area contributed by atoms with Crippen LogP contribution in [-0.2, 0) is 32.6 Å². The number of aliphatic imine (C=N–C) groups is 1. The average Bonchev–Trinajstić information content (AvgIpc) is 3.50. The first-order valence-corrected chi connectivity index (χ1v) is 14.6. The molecule has 1 aliphatic rings. The van der Waals surface area contributed by atoms with Crippen molar-refractivity contribution in [2.24, 2.45) is 4.99 Å². The molecule has 8 nitrogen and oxygen atoms in total. The van der Waals surface area contributed by atoms with Gasteiger partial charge >= 0.3 is 12.3 Å². The van der Waals surface area contributed by atoms with Crippen molar-refractivity contribution < 1.29 is 54.2 Å². The van der Waals surface area contributed by atoms with Crippen LogP contribution in [0, 0.1) is 0 Å². The van der Waals surface area contributed by atoms with Gasteiger partial charge in [-0.15, -0.1) is 18.9 Å². The van der Waals surface area contributed by atoms with Crippen LogP contribution in [0.2, 0.25) is 0 Å². The van der Waals surface area contributed by atoms with Crippen LogP contribution in [0.15, 0.2) is 114 Å². The number of halogens is 3. The number of aliphatic hydroxyl groups excluding tert-OH is 1. The molecule has 1 fully saturated rings. The molecule has 2 N–H and O–H groups in total. The van der Waals surface area contributed by atoms with Gasteiger partial charge in [-0.3, -0.25) is 9.89 Å². The minimum atomic E-state index is -4.91. The van der Waals surface area contributed by atoms with E-state index < -0.39 is 36.3 Å². The zero-order valence-corrected chi connectivity index (χ0v) is 25.9. The summed E-state index contributed by atoms with van der Waals surface area (Å²) in [5, 5.41) is 25.7. The summed E-state index contributed by atoms with van der Waals surface area (Å²) in [6.45, 7) is 1.35. The third kappa shape index (κ3) is 9.28. The van der Waals surface area contributed by atoms with E-state index in [9.17, 15) is 33.0 Å². The number of para-hydroxylation sites is 1. The number of carboxylic acid groups (broad SMARTS) is 1. The van der Waals surface area contributed by atoms with Gasteiger partial charge in [-0.1, -0.05) is 97.1 Å². The molecule has 5 rings (SSSR count). The SMILES string of the molecule is O=C(O)[C@H](N=C(c1ccccc1)c1ccccc1[N-]C(=O)[C@@H]1CCCN1Cc1ccccc1)[C@H](O)c1ccc(OC(F)(F)F)cc1.[Ni]. The number of amides is 1. The molecule has 0 aromatic heterocycles. The van der Waals surface area contributed by atoms with E-state index in [1.807, 2.05) is 30.3 Å². The molecule has 1 aliphatic heterocycles. The largest absolute Gasteiger partial charge is 0.625 e. The first kappa shape index (κ1) is 35.3. The molecule has 3 atom stereocenters. The zero-order chi connectivity index (χ0) is 32.7. The normalized spacial score (nSPS) is 16.5. The minimum Gasteiger partial charge on any atom is -0.625 e. The fourth-order valence-corrected chi connectivity index (χ4v) is 5.42. The van der Waals surface area contributed by atoms with E-state index in [1.54, 1.807) is 54.6 Å². The smallest absolute Gasteiger partial charge is 0.573 e. The Hall–Kier alpha value is -4.51. The number of hydrogen-bond donors (Lipinski definition) is 2. The third-order valence-corrected chi connectivity index (χ3v) is 7.59. The Morgan fingerprint density at radius 2 is 1.53 bits per heavy atom. The molecule has 1 saturated heterocycles. The maximum Gasteiger partial charge on any atom is 0.573 e. The predicted molar refractivity (Wildman–Crippen MR) is 166 cm³/mol. The third-order valence-electron chi connectivity index (χ3n) is 7.59. The van der Waals surface area contributed by atoms with Gasteiger partial charge in [-0.2, -0.15) is 0 Å². The molecule has 0 saturated carbocycles. The van der Waals surface area contributed by atoms with Crippen LogP contribution in [-0.4, -0.2) is 57.7 Å². The monoisotopic (exact) mass is 688 g/mol. The second-order valence-electron chi connectivity index (χ2n) is 10.8. The van der Waals surface area contributed by atoms with Gasteiger partial charge in [0.2, 0.25) is 0 Å². The molecular weight excluding hydrogens is 658 g/mol. The van der Waals surface area contributed by atoms with Crippen LogP contribution in [0.4, 0.5) is 18.9 Å². The quantitative estimate of drug-likeness (QED) is 0.132. The summed E-state index contributed by atoms with van der Waals surface area (Å²) in [6.07, 6.45) is -5.14. The van der Waals surface area contributed by atoms with Gasteiger partial charge in [0.15, 0.2) is 6.04 Å². The number of benzene rings is 4. The van der Waals surface area contributed by atoms with Crippen LogP contribution in [0.5, 0.6) is 5.75 Å². The van der Waals surface area contributed by atoms with Gasteiger partial charge in [-0.25, -0.2) is 4.79 Å². The maximum absolute atomic E-state index is 13.6. The molecule has 0 radical (unpaired) electrons. The zero-order valence-electron chi connectivity index (χ0n) is 24.9. The predicted octanol–water partition coefficient (Wildman–Crippen LogP) is 6.80. The number of alkyl halides is 3. The summed E-state index contributed by atoms with van der Waals surface area (Å²) in [7, 11) is 0. The molecule has 0 bridgehead atoms. The molecule has 0 aliphatic carbocycles. The number of nitrogens with zero attached hydrogens (tertiary/aromatic N) is 3. The van der Waals surface area contributed by atoms with Crippen LogP contribution in [0.1, 0.15) is 41.2 Å². The van der Waals surface area contributed by atoms with Crippen LogP contribution in [0.25, 0.3) is 5.32 Å². The number of hydrogen-bond acceptors (Lipinski definition) is 6. The summed E-state index contributed by atoms with van der Waals surface area (Å²) < 4.78 is 41.7. The number of likely N-dealkylation sites (tertiary alicyclic amines) is 1. The van der Waals surface area contributed by atoms with E-state index in [2.05, 4.69) is 19.9 Å². The number of carboxylic acids is 1. The van der Waals surface area contributed by atoms with Crippen LogP contribution >= 0.6 is 0 Å². The number of carbonyl (C=O) groups excluding carboxylic acids is 1. The van der Waals surface area contributed by atoms with E-state index in [0.717, 1.165) is 42.8 Å². The van der Waals surface area contributed by atoms with Gasteiger partial charge in [0, 0.05) is 28.6 Å². The first-order valence-electron chi connectivity index (χ1n) is 14.6. The molecule has 4 aromatic rings. The van der Waals surface area contributed by atoms with E-state index in [0.29, 0.717) is 24.1 Å². The number of aliphatic hydroxyl groups is 1. The molecule has 0 unspecified atom stereocenters. The summed E-state index contributed by atoms with van der Waals surface area (Å²) in [5.74, 6) is -2.32. The van der Waals surface area contributed by atoms with Crippen molar-refractivity contribution in [2.45, 2.75) is 43.9 Å². The van der Waals surface area contributed by atoms with Gasteiger partial charge < -0.3 is 25.1 Å². The van der Waals surface area contributed by atoms with E-state index >= 15 is 0 Å². The van der Waals surface area contributed by atoms with Crippen LogP contribution < -0.4 is 4.74 Å². The van der Waals surface area contributed by atoms with Gasteiger partial charge in [0.1, 0.15) is 11.9 Å². The van der Waals surface area contributed by atoms with Gasteiger partial charge in [0.05, 0.1) is 17.7 Å². The number of ether oxygens (including phenoxy) is 1. The molecule has 47 heavy (non-hydrogen) atoms. The average molecular weight is 689 g/mol. The van der Waals surface area contributed by atoms with E-state index in [1.165, 1.54) is 0 Å². The molecule has 1 heterocycles. The molecule has 12 heteroatoms. The summed E-state index contributed by atoms with van der Waals surface area (Å²) in [4.78, 5) is 32.6. The second kappa shape index (κ2) is 15.9. The van der Waals surface area contributed by atoms with Crippen molar-refractivity contribution in [3.05, 3.63) is 137 Å². The van der Waals surface area contributed by atoms with Crippen molar-refractivity contribution in [2.75, 3.05) is 6.54 Å². The molecule has 4 aromatic carbocycles. The minimum absolute atomic E-state index is 0. The van der Waals surface area contributed by atoms with Crippen molar-refractivity contribution in [3.63, 3.8) is 0 Å². The summed E-state index contributed by atoms with van der Waals surface area (Å²) >= 11 is 0. The number of aliphatic carboxylic acids is 1. The van der Waals surface area contributed by atoms with Crippen LogP contribution in [0.3, 0.4) is 0 Å².